The number of hydrogen-bond acceptors (Lipinski definition) is 5. The predicted molar refractivity (Wildman–Crippen MR) is 91.0 cm³/mol. The number of hydrogen-bond donors (Lipinski definition) is 1. The molecular weight excluding hydrogens is 347 g/mol. The van der Waals surface area contributed by atoms with Crippen molar-refractivity contribution in [2.24, 2.45) is 5.92 Å². The van der Waals surface area contributed by atoms with Crippen molar-refractivity contribution in [2.45, 2.75) is 64.8 Å². The van der Waals surface area contributed by atoms with Crippen molar-refractivity contribution in [3.63, 3.8) is 0 Å². The number of alkyl halides is 3. The first-order valence-corrected chi connectivity index (χ1v) is 9.01. The van der Waals surface area contributed by atoms with E-state index in [-0.39, 0.29) is 17.9 Å². The number of nitrogens with zero attached hydrogens (tertiary/aromatic N) is 4. The average molecular weight is 371 g/mol. The third kappa shape index (κ3) is 3.92. The first-order valence-electron chi connectivity index (χ1n) is 9.01. The number of rotatable bonds is 5. The number of fused-ring (bicyclic) bond motifs is 1. The Balaban J connectivity index is 1.85. The summed E-state index contributed by atoms with van der Waals surface area (Å²) in [5.41, 5.74) is 0.588. The van der Waals surface area contributed by atoms with Crippen molar-refractivity contribution in [2.75, 3.05) is 11.9 Å². The summed E-state index contributed by atoms with van der Waals surface area (Å²) in [7, 11) is 0. The number of aryl methyl sites for hydroxylation is 1. The van der Waals surface area contributed by atoms with Gasteiger partial charge in [0, 0.05) is 24.4 Å². The quantitative estimate of drug-likeness (QED) is 0.865. The van der Waals surface area contributed by atoms with Gasteiger partial charge in [-0.3, -0.25) is 0 Å². The van der Waals surface area contributed by atoms with Crippen LogP contribution in [-0.2, 0) is 10.9 Å². The zero-order chi connectivity index (χ0) is 18.9. The Hall–Kier alpha value is -1.90. The predicted octanol–water partition coefficient (Wildman–Crippen LogP) is 3.85. The molecule has 0 aliphatic carbocycles. The van der Waals surface area contributed by atoms with Gasteiger partial charge in [0.25, 0.3) is 11.6 Å². The molecule has 1 N–H and O–H groups in total. The summed E-state index contributed by atoms with van der Waals surface area (Å²) >= 11 is 0. The van der Waals surface area contributed by atoms with Crippen LogP contribution in [0, 0.1) is 12.8 Å². The largest absolute Gasteiger partial charge is 0.453 e. The summed E-state index contributed by atoms with van der Waals surface area (Å²) in [6.07, 6.45) is -0.736. The molecule has 6 nitrogen and oxygen atoms in total. The Morgan fingerprint density at radius 1 is 1.31 bits per heavy atom. The molecule has 1 aliphatic heterocycles. The van der Waals surface area contributed by atoms with Crippen molar-refractivity contribution in [3.05, 3.63) is 17.6 Å². The van der Waals surface area contributed by atoms with Crippen LogP contribution in [0.15, 0.2) is 6.07 Å². The van der Waals surface area contributed by atoms with Gasteiger partial charge >= 0.3 is 6.18 Å². The Bertz CT molecular complexity index is 757. The van der Waals surface area contributed by atoms with Gasteiger partial charge in [-0.25, -0.2) is 4.98 Å². The minimum atomic E-state index is -4.60. The highest BCUT2D eigenvalue weighted by Gasteiger charge is 2.37. The van der Waals surface area contributed by atoms with Crippen molar-refractivity contribution >= 4 is 11.6 Å². The Kier molecular flexibility index (Phi) is 5.36. The minimum absolute atomic E-state index is 0.0524. The molecule has 0 aromatic carbocycles. The lowest BCUT2D eigenvalue weighted by Gasteiger charge is -2.34. The van der Waals surface area contributed by atoms with Crippen LogP contribution in [0.2, 0.25) is 0 Å². The van der Waals surface area contributed by atoms with E-state index in [2.05, 4.69) is 34.2 Å². The Labute approximate surface area is 150 Å². The highest BCUT2D eigenvalue weighted by Crippen LogP contribution is 2.29. The lowest BCUT2D eigenvalue weighted by Crippen LogP contribution is -2.38. The normalized spacial score (nSPS) is 21.5. The molecule has 2 atom stereocenters. The number of ether oxygens (including phenoxy) is 1. The van der Waals surface area contributed by atoms with Crippen LogP contribution in [0.1, 0.15) is 51.0 Å². The van der Waals surface area contributed by atoms with Crippen LogP contribution >= 0.6 is 0 Å². The third-order valence-corrected chi connectivity index (χ3v) is 4.94. The second-order valence-electron chi connectivity index (χ2n) is 6.78. The van der Waals surface area contributed by atoms with Gasteiger partial charge in [0.05, 0.1) is 6.10 Å². The molecular formula is C17H24F3N5O. The molecule has 0 spiro atoms. The summed E-state index contributed by atoms with van der Waals surface area (Å²) < 4.78 is 45.8. The van der Waals surface area contributed by atoms with Gasteiger partial charge in [-0.2, -0.15) is 22.7 Å². The molecule has 9 heteroatoms. The molecule has 3 heterocycles. The van der Waals surface area contributed by atoms with Crippen LogP contribution in [-0.4, -0.2) is 38.3 Å². The van der Waals surface area contributed by atoms with Gasteiger partial charge < -0.3 is 10.1 Å². The van der Waals surface area contributed by atoms with E-state index in [0.29, 0.717) is 24.0 Å². The Morgan fingerprint density at radius 2 is 2.04 bits per heavy atom. The van der Waals surface area contributed by atoms with Crippen LogP contribution in [0.25, 0.3) is 5.78 Å². The summed E-state index contributed by atoms with van der Waals surface area (Å²) in [5, 5.41) is 6.94. The maximum Gasteiger partial charge on any atom is 0.453 e. The van der Waals surface area contributed by atoms with Gasteiger partial charge in [0.2, 0.25) is 0 Å². The van der Waals surface area contributed by atoms with E-state index < -0.39 is 12.0 Å². The van der Waals surface area contributed by atoms with Gasteiger partial charge in [0.1, 0.15) is 5.82 Å². The topological polar surface area (TPSA) is 64.3 Å². The molecule has 3 rings (SSSR count). The second kappa shape index (κ2) is 7.38. The molecule has 0 saturated carbocycles. The highest BCUT2D eigenvalue weighted by molar-refractivity contribution is 5.46. The van der Waals surface area contributed by atoms with Gasteiger partial charge in [-0.15, -0.1) is 5.10 Å². The van der Waals surface area contributed by atoms with E-state index in [1.165, 1.54) is 0 Å². The lowest BCUT2D eigenvalue weighted by molar-refractivity contribution is -0.144. The number of nitrogens with one attached hydrogen (secondary N) is 1. The number of anilines is 1. The summed E-state index contributed by atoms with van der Waals surface area (Å²) in [5.74, 6) is -0.267. The van der Waals surface area contributed by atoms with E-state index in [9.17, 15) is 13.2 Å². The minimum Gasteiger partial charge on any atom is -0.378 e. The first kappa shape index (κ1) is 18.9. The first-order chi connectivity index (χ1) is 12.3. The van der Waals surface area contributed by atoms with Crippen molar-refractivity contribution < 1.29 is 17.9 Å². The fourth-order valence-corrected chi connectivity index (χ4v) is 3.52. The SMILES string of the molecule is CCC(CC)C1CC(Nc2cc(C)nc3nc(C(F)(F)F)nn23)CCO1. The molecule has 0 radical (unpaired) electrons. The maximum atomic E-state index is 12.9. The standard InChI is InChI=1S/C17H24F3N5O/c1-4-11(5-2)13-9-12(6-7-26-13)22-14-8-10(3)21-16-23-15(17(18,19)20)24-25(14)16/h8,11-13,22H,4-7,9H2,1-3H3. The summed E-state index contributed by atoms with van der Waals surface area (Å²) in [6.45, 7) is 6.66. The van der Waals surface area contributed by atoms with Gasteiger partial charge in [0.15, 0.2) is 0 Å². The highest BCUT2D eigenvalue weighted by atomic mass is 19.4. The zero-order valence-corrected chi connectivity index (χ0v) is 15.2. The lowest BCUT2D eigenvalue weighted by atomic mass is 9.89. The number of halogens is 3. The van der Waals surface area contributed by atoms with Crippen LogP contribution < -0.4 is 5.32 Å². The van der Waals surface area contributed by atoms with Crippen LogP contribution in [0.4, 0.5) is 19.0 Å². The molecule has 26 heavy (non-hydrogen) atoms. The van der Waals surface area contributed by atoms with Crippen molar-refractivity contribution in [1.29, 1.82) is 0 Å². The fourth-order valence-electron chi connectivity index (χ4n) is 3.52. The third-order valence-electron chi connectivity index (χ3n) is 4.94. The maximum absolute atomic E-state index is 12.9. The van der Waals surface area contributed by atoms with E-state index in [1.807, 2.05) is 0 Å². The fraction of sp³-hybridized carbons (Fsp3) is 0.706. The molecule has 2 aromatic rings. The van der Waals surface area contributed by atoms with E-state index >= 15 is 0 Å². The molecule has 0 amide bonds. The monoisotopic (exact) mass is 371 g/mol. The van der Waals surface area contributed by atoms with E-state index in [0.717, 1.165) is 30.2 Å². The smallest absolute Gasteiger partial charge is 0.378 e. The molecule has 2 aromatic heterocycles. The van der Waals surface area contributed by atoms with Crippen molar-refractivity contribution in [3.8, 4) is 0 Å². The molecule has 1 fully saturated rings. The van der Waals surface area contributed by atoms with Crippen LogP contribution in [0.5, 0.6) is 0 Å². The van der Waals surface area contributed by atoms with Crippen molar-refractivity contribution in [1.82, 2.24) is 19.6 Å². The van der Waals surface area contributed by atoms with E-state index in [1.54, 1.807) is 13.0 Å². The van der Waals surface area contributed by atoms with Gasteiger partial charge in [-0.1, -0.05) is 26.7 Å². The second-order valence-corrected chi connectivity index (χ2v) is 6.78. The molecule has 144 valence electrons. The molecule has 2 unspecified atom stereocenters. The molecule has 0 bridgehead atoms. The van der Waals surface area contributed by atoms with E-state index in [4.69, 9.17) is 4.74 Å². The van der Waals surface area contributed by atoms with Crippen LogP contribution in [0.3, 0.4) is 0 Å². The number of aromatic nitrogens is 4. The molecule has 1 aliphatic rings. The zero-order valence-electron chi connectivity index (χ0n) is 15.2. The average Bonchev–Trinajstić information content (AvgIpc) is 3.01. The molecule has 1 saturated heterocycles. The summed E-state index contributed by atoms with van der Waals surface area (Å²) in [4.78, 5) is 7.58. The summed E-state index contributed by atoms with van der Waals surface area (Å²) in [6, 6.07) is 1.81. The van der Waals surface area contributed by atoms with Gasteiger partial charge in [-0.05, 0) is 25.7 Å². The Morgan fingerprint density at radius 3 is 2.69 bits per heavy atom.